The number of nitrogens with one attached hydrogen (secondary N) is 1. The van der Waals surface area contributed by atoms with E-state index in [1.54, 1.807) is 11.3 Å². The molecule has 2 heterocycles. The van der Waals surface area contributed by atoms with Gasteiger partial charge in [-0.05, 0) is 37.1 Å². The smallest absolute Gasteiger partial charge is 0.178 e. The summed E-state index contributed by atoms with van der Waals surface area (Å²) in [5.74, 6) is -0.331. The third kappa shape index (κ3) is 3.00. The number of sulfone groups is 1. The fraction of sp³-hybridized carbons (Fsp3) is 0.357. The number of aromatic nitrogens is 1. The molecule has 1 atom stereocenters. The van der Waals surface area contributed by atoms with Crippen LogP contribution in [0.3, 0.4) is 0 Å². The van der Waals surface area contributed by atoms with Gasteiger partial charge in [0.15, 0.2) is 9.84 Å². The van der Waals surface area contributed by atoms with E-state index in [-0.39, 0.29) is 16.7 Å². The first-order chi connectivity index (χ1) is 9.95. The molecule has 7 heteroatoms. The lowest BCUT2D eigenvalue weighted by molar-refractivity contribution is 0.486. The van der Waals surface area contributed by atoms with Gasteiger partial charge in [-0.3, -0.25) is 0 Å². The lowest BCUT2D eigenvalue weighted by Gasteiger charge is -2.26. The molecule has 0 spiro atoms. The Morgan fingerprint density at radius 2 is 2.29 bits per heavy atom. The number of fused-ring (bicyclic) bond motifs is 1. The van der Waals surface area contributed by atoms with Gasteiger partial charge in [-0.25, -0.2) is 17.8 Å². The minimum Gasteiger partial charge on any atom is -0.303 e. The second kappa shape index (κ2) is 5.47. The number of rotatable bonds is 3. The second-order valence-corrected chi connectivity index (χ2v) is 8.13. The van der Waals surface area contributed by atoms with Crippen molar-refractivity contribution in [1.82, 2.24) is 10.3 Å². The van der Waals surface area contributed by atoms with Crippen molar-refractivity contribution in [1.29, 1.82) is 0 Å². The largest absolute Gasteiger partial charge is 0.303 e. The van der Waals surface area contributed by atoms with Crippen molar-refractivity contribution in [2.24, 2.45) is 0 Å². The highest BCUT2D eigenvalue weighted by Gasteiger charge is 2.30. The summed E-state index contributed by atoms with van der Waals surface area (Å²) in [6.07, 6.45) is 0.448. The molecule has 21 heavy (non-hydrogen) atoms. The van der Waals surface area contributed by atoms with Crippen LogP contribution in [0.25, 0.3) is 0 Å². The van der Waals surface area contributed by atoms with Gasteiger partial charge in [-0.1, -0.05) is 0 Å². The van der Waals surface area contributed by atoms with Crippen LogP contribution in [0.4, 0.5) is 4.39 Å². The third-order valence-electron chi connectivity index (χ3n) is 3.52. The van der Waals surface area contributed by atoms with Crippen LogP contribution in [-0.4, -0.2) is 19.2 Å². The van der Waals surface area contributed by atoms with Crippen LogP contribution >= 0.6 is 11.3 Å². The Morgan fingerprint density at radius 1 is 1.48 bits per heavy atom. The fourth-order valence-electron chi connectivity index (χ4n) is 2.52. The number of benzene rings is 1. The molecule has 0 amide bonds. The van der Waals surface area contributed by atoms with Crippen molar-refractivity contribution in [3.8, 4) is 0 Å². The summed E-state index contributed by atoms with van der Waals surface area (Å²) in [4.78, 5) is 4.60. The number of nitrogens with zero attached hydrogens (tertiary/aromatic N) is 1. The van der Waals surface area contributed by atoms with Crippen LogP contribution in [0.15, 0.2) is 28.5 Å². The molecule has 2 aromatic rings. The van der Waals surface area contributed by atoms with Crippen molar-refractivity contribution < 1.29 is 12.8 Å². The zero-order valence-electron chi connectivity index (χ0n) is 11.5. The Balaban J connectivity index is 1.86. The number of halogens is 1. The fourth-order valence-corrected chi connectivity index (χ4v) is 4.84. The van der Waals surface area contributed by atoms with Gasteiger partial charge in [0.05, 0.1) is 10.6 Å². The highest BCUT2D eigenvalue weighted by Crippen LogP contribution is 2.32. The molecule has 0 fully saturated rings. The predicted molar refractivity (Wildman–Crippen MR) is 79.5 cm³/mol. The van der Waals surface area contributed by atoms with Crippen molar-refractivity contribution in [3.63, 3.8) is 0 Å². The minimum absolute atomic E-state index is 0.0835. The van der Waals surface area contributed by atoms with Gasteiger partial charge < -0.3 is 5.32 Å². The number of hydrogen-bond donors (Lipinski definition) is 1. The molecule has 0 saturated heterocycles. The average Bonchev–Trinajstić information content (AvgIpc) is 2.83. The topological polar surface area (TPSA) is 59.1 Å². The maximum absolute atomic E-state index is 13.5. The Labute approximate surface area is 127 Å². The normalized spacial score (nSPS) is 20.2. The molecule has 4 nitrogen and oxygen atoms in total. The van der Waals surface area contributed by atoms with Crippen LogP contribution < -0.4 is 5.32 Å². The Kier molecular flexibility index (Phi) is 3.81. The summed E-state index contributed by atoms with van der Waals surface area (Å²) in [7, 11) is -3.29. The summed E-state index contributed by atoms with van der Waals surface area (Å²) in [5.41, 5.74) is 1.49. The van der Waals surface area contributed by atoms with Gasteiger partial charge in [0.2, 0.25) is 0 Å². The van der Waals surface area contributed by atoms with E-state index in [0.717, 1.165) is 10.7 Å². The van der Waals surface area contributed by atoms with Crippen molar-refractivity contribution in [3.05, 3.63) is 45.7 Å². The Morgan fingerprint density at radius 3 is 3.00 bits per heavy atom. The van der Waals surface area contributed by atoms with Gasteiger partial charge in [-0.2, -0.15) is 0 Å². The van der Waals surface area contributed by atoms with E-state index in [0.29, 0.717) is 18.5 Å². The SMILES string of the molecule is Cc1csc(CNC2CCS(=O)(=O)c3ccc(F)cc32)n1. The maximum atomic E-state index is 13.5. The monoisotopic (exact) mass is 326 g/mol. The van der Waals surface area contributed by atoms with Gasteiger partial charge in [-0.15, -0.1) is 11.3 Å². The average molecular weight is 326 g/mol. The van der Waals surface area contributed by atoms with Crippen molar-refractivity contribution >= 4 is 21.2 Å². The second-order valence-electron chi connectivity index (χ2n) is 5.11. The van der Waals surface area contributed by atoms with E-state index in [2.05, 4.69) is 10.3 Å². The molecule has 1 aromatic carbocycles. The number of hydrogen-bond acceptors (Lipinski definition) is 5. The molecule has 3 rings (SSSR count). The first-order valence-electron chi connectivity index (χ1n) is 6.62. The zero-order chi connectivity index (χ0) is 15.0. The molecule has 0 aliphatic carbocycles. The summed E-state index contributed by atoms with van der Waals surface area (Å²) < 4.78 is 37.5. The molecular weight excluding hydrogens is 311 g/mol. The van der Waals surface area contributed by atoms with Crippen LogP contribution in [0, 0.1) is 12.7 Å². The summed E-state index contributed by atoms with van der Waals surface area (Å²) in [6, 6.07) is 3.71. The zero-order valence-corrected chi connectivity index (χ0v) is 13.1. The first-order valence-corrected chi connectivity index (χ1v) is 9.15. The predicted octanol–water partition coefficient (Wildman–Crippen LogP) is 2.60. The van der Waals surface area contributed by atoms with Gasteiger partial charge in [0.25, 0.3) is 0 Å². The van der Waals surface area contributed by atoms with Crippen molar-refractivity contribution in [2.45, 2.75) is 30.8 Å². The van der Waals surface area contributed by atoms with E-state index in [4.69, 9.17) is 0 Å². The van der Waals surface area contributed by atoms with Gasteiger partial charge >= 0.3 is 0 Å². The first kappa shape index (κ1) is 14.6. The minimum atomic E-state index is -3.29. The number of thiazole rings is 1. The molecule has 1 unspecified atom stereocenters. The molecule has 1 aliphatic heterocycles. The molecular formula is C14H15FN2O2S2. The lowest BCUT2D eigenvalue weighted by atomic mass is 10.0. The van der Waals surface area contributed by atoms with E-state index in [9.17, 15) is 12.8 Å². The van der Waals surface area contributed by atoms with Crippen LogP contribution in [0.2, 0.25) is 0 Å². The molecule has 0 bridgehead atoms. The summed E-state index contributed by atoms with van der Waals surface area (Å²) in [6.45, 7) is 2.48. The van der Waals surface area contributed by atoms with Crippen molar-refractivity contribution in [2.75, 3.05) is 5.75 Å². The van der Waals surface area contributed by atoms with Crippen LogP contribution in [0.5, 0.6) is 0 Å². The highest BCUT2D eigenvalue weighted by atomic mass is 32.2. The number of aryl methyl sites for hydroxylation is 1. The van der Waals surface area contributed by atoms with Gasteiger partial charge in [0, 0.05) is 23.7 Å². The Bertz CT molecular complexity index is 771. The molecule has 0 saturated carbocycles. The standard InChI is InChI=1S/C14H15FN2O2S2/c1-9-8-20-14(17-9)7-16-12-4-5-21(18,19)13-3-2-10(15)6-11(12)13/h2-3,6,8,12,16H,4-5,7H2,1H3. The molecule has 112 valence electrons. The van der Waals surface area contributed by atoms with E-state index < -0.39 is 15.7 Å². The third-order valence-corrected chi connectivity index (χ3v) is 6.31. The van der Waals surface area contributed by atoms with E-state index in [1.165, 1.54) is 18.2 Å². The van der Waals surface area contributed by atoms with Crippen LogP contribution in [-0.2, 0) is 16.4 Å². The summed E-state index contributed by atoms with van der Waals surface area (Å²) >= 11 is 1.56. The Hall–Kier alpha value is -1.31. The van der Waals surface area contributed by atoms with Gasteiger partial charge in [0.1, 0.15) is 10.8 Å². The quantitative estimate of drug-likeness (QED) is 0.881. The van der Waals surface area contributed by atoms with E-state index in [1.807, 2.05) is 12.3 Å². The molecule has 0 radical (unpaired) electrons. The lowest BCUT2D eigenvalue weighted by Crippen LogP contribution is -2.29. The molecule has 1 aromatic heterocycles. The maximum Gasteiger partial charge on any atom is 0.178 e. The molecule has 1 N–H and O–H groups in total. The summed E-state index contributed by atoms with van der Waals surface area (Å²) in [5, 5.41) is 6.20. The highest BCUT2D eigenvalue weighted by molar-refractivity contribution is 7.91. The van der Waals surface area contributed by atoms with E-state index >= 15 is 0 Å². The molecule has 1 aliphatic rings. The van der Waals surface area contributed by atoms with Crippen LogP contribution in [0.1, 0.15) is 28.7 Å².